The van der Waals surface area contributed by atoms with Gasteiger partial charge in [0.05, 0.1) is 5.57 Å². The van der Waals surface area contributed by atoms with E-state index in [1.54, 1.807) is 0 Å². The molecule has 0 saturated heterocycles. The van der Waals surface area contributed by atoms with Crippen molar-refractivity contribution in [3.63, 3.8) is 0 Å². The molecule has 0 radical (unpaired) electrons. The molecule has 4 nitrogen and oxygen atoms in total. The quantitative estimate of drug-likeness (QED) is 0.848. The maximum absolute atomic E-state index is 12.4. The van der Waals surface area contributed by atoms with Crippen LogP contribution >= 0.6 is 0 Å². The first-order chi connectivity index (χ1) is 10.6. The van der Waals surface area contributed by atoms with Gasteiger partial charge in [0.2, 0.25) is 5.78 Å². The highest BCUT2D eigenvalue weighted by Gasteiger charge is 2.45. The number of ketones is 1. The number of rotatable bonds is 5. The van der Waals surface area contributed by atoms with Crippen molar-refractivity contribution in [3.8, 4) is 0 Å². The minimum absolute atomic E-state index is 0.144. The lowest BCUT2D eigenvalue weighted by Crippen LogP contribution is -2.37. The van der Waals surface area contributed by atoms with Crippen LogP contribution in [0.3, 0.4) is 0 Å². The van der Waals surface area contributed by atoms with E-state index in [-0.39, 0.29) is 11.5 Å². The van der Waals surface area contributed by atoms with Gasteiger partial charge in [-0.3, -0.25) is 4.79 Å². The van der Waals surface area contributed by atoms with Crippen molar-refractivity contribution < 1.29 is 19.4 Å². The number of esters is 1. The summed E-state index contributed by atoms with van der Waals surface area (Å²) in [7, 11) is 0. The highest BCUT2D eigenvalue weighted by molar-refractivity contribution is 6.09. The van der Waals surface area contributed by atoms with Crippen LogP contribution in [0, 0.1) is 5.92 Å². The van der Waals surface area contributed by atoms with E-state index in [4.69, 9.17) is 4.74 Å². The Morgan fingerprint density at radius 2 is 1.91 bits per heavy atom. The number of Topliss-reactive ketones (excluding diaryl/α,β-unsaturated/α-hetero) is 1. The fraction of sp³-hybridized carbons (Fsp3) is 0.444. The van der Waals surface area contributed by atoms with Crippen molar-refractivity contribution in [2.45, 2.75) is 44.6 Å². The average Bonchev–Trinajstić information content (AvgIpc) is 3.34. The number of hydrogen-bond acceptors (Lipinski definition) is 4. The molecular formula is C18H20O4. The smallest absolute Gasteiger partial charge is 0.339 e. The second kappa shape index (κ2) is 5.95. The van der Waals surface area contributed by atoms with Gasteiger partial charge >= 0.3 is 5.97 Å². The van der Waals surface area contributed by atoms with Crippen molar-refractivity contribution >= 4 is 11.8 Å². The van der Waals surface area contributed by atoms with Gasteiger partial charge in [-0.2, -0.15) is 0 Å². The molecule has 1 aliphatic carbocycles. The Bertz CT molecular complexity index is 613. The zero-order chi connectivity index (χ0) is 15.7. The Labute approximate surface area is 129 Å². The van der Waals surface area contributed by atoms with Gasteiger partial charge in [-0.05, 0) is 30.7 Å². The third-order valence-corrected chi connectivity index (χ3v) is 4.36. The molecule has 0 spiro atoms. The highest BCUT2D eigenvalue weighted by Crippen LogP contribution is 2.48. The Morgan fingerprint density at radius 3 is 2.50 bits per heavy atom. The van der Waals surface area contributed by atoms with E-state index in [0.29, 0.717) is 12.3 Å². The predicted molar refractivity (Wildman–Crippen MR) is 81.4 cm³/mol. The van der Waals surface area contributed by atoms with Crippen LogP contribution in [-0.4, -0.2) is 23.0 Å². The minimum Gasteiger partial charge on any atom is -0.504 e. The summed E-state index contributed by atoms with van der Waals surface area (Å²) in [4.78, 5) is 24.7. The van der Waals surface area contributed by atoms with Gasteiger partial charge in [0, 0.05) is 5.92 Å². The lowest BCUT2D eigenvalue weighted by molar-refractivity contribution is -0.155. The van der Waals surface area contributed by atoms with Crippen LogP contribution in [0.25, 0.3) is 0 Å². The second-order valence-electron chi connectivity index (χ2n) is 6.03. The molecule has 1 aromatic rings. The van der Waals surface area contributed by atoms with E-state index >= 15 is 0 Å². The van der Waals surface area contributed by atoms with Crippen LogP contribution in [0.1, 0.15) is 44.1 Å². The fourth-order valence-corrected chi connectivity index (χ4v) is 3.12. The standard InChI is InChI=1S/C18H20O4/c1-2-6-13-16(19)17(20)15(18(21)22-13)14(12-9-10-12)11-7-4-3-5-8-11/h3-5,7-8,12-14,20H,2,6,9-10H2,1H3. The number of benzene rings is 1. The lowest BCUT2D eigenvalue weighted by Gasteiger charge is -2.27. The van der Waals surface area contributed by atoms with Crippen LogP contribution in [0.5, 0.6) is 0 Å². The Kier molecular flexibility index (Phi) is 4.01. The minimum atomic E-state index is -0.836. The average molecular weight is 300 g/mol. The van der Waals surface area contributed by atoms with E-state index in [1.165, 1.54) is 0 Å². The SMILES string of the molecule is CCCC1OC(=O)C(C(c2ccccc2)C2CC2)=C(O)C1=O. The third kappa shape index (κ3) is 2.65. The van der Waals surface area contributed by atoms with Crippen molar-refractivity contribution in [1.29, 1.82) is 0 Å². The van der Waals surface area contributed by atoms with Crippen molar-refractivity contribution in [2.24, 2.45) is 5.92 Å². The number of aliphatic hydroxyl groups is 1. The molecule has 1 aromatic carbocycles. The van der Waals surface area contributed by atoms with Gasteiger partial charge in [-0.15, -0.1) is 0 Å². The van der Waals surface area contributed by atoms with Crippen LogP contribution < -0.4 is 0 Å². The summed E-state index contributed by atoms with van der Waals surface area (Å²) >= 11 is 0. The normalized spacial score (nSPS) is 23.4. The summed E-state index contributed by atoms with van der Waals surface area (Å²) in [5, 5.41) is 10.3. The van der Waals surface area contributed by atoms with Gasteiger partial charge in [0.1, 0.15) is 0 Å². The molecule has 1 heterocycles. The van der Waals surface area contributed by atoms with Gasteiger partial charge in [-0.25, -0.2) is 4.79 Å². The predicted octanol–water partition coefficient (Wildman–Crippen LogP) is 3.29. The fourth-order valence-electron chi connectivity index (χ4n) is 3.12. The monoisotopic (exact) mass is 300 g/mol. The van der Waals surface area contributed by atoms with Crippen LogP contribution in [0.4, 0.5) is 0 Å². The maximum atomic E-state index is 12.4. The third-order valence-electron chi connectivity index (χ3n) is 4.36. The topological polar surface area (TPSA) is 63.6 Å². The largest absolute Gasteiger partial charge is 0.504 e. The molecule has 2 atom stereocenters. The molecule has 2 aliphatic rings. The number of ether oxygens (including phenoxy) is 1. The summed E-state index contributed by atoms with van der Waals surface area (Å²) in [6.45, 7) is 1.91. The van der Waals surface area contributed by atoms with Gasteiger partial charge < -0.3 is 9.84 Å². The summed E-state index contributed by atoms with van der Waals surface area (Å²) in [5.74, 6) is -1.35. The van der Waals surface area contributed by atoms with E-state index in [9.17, 15) is 14.7 Å². The van der Waals surface area contributed by atoms with Gasteiger partial charge in [-0.1, -0.05) is 43.7 Å². The first-order valence-electron chi connectivity index (χ1n) is 7.86. The van der Waals surface area contributed by atoms with E-state index in [1.807, 2.05) is 37.3 Å². The molecule has 22 heavy (non-hydrogen) atoms. The number of aliphatic hydroxyl groups excluding tert-OH is 1. The van der Waals surface area contributed by atoms with E-state index in [2.05, 4.69) is 0 Å². The summed E-state index contributed by atoms with van der Waals surface area (Å²) in [6.07, 6.45) is 2.32. The summed E-state index contributed by atoms with van der Waals surface area (Å²) in [5.41, 5.74) is 1.09. The van der Waals surface area contributed by atoms with Crippen molar-refractivity contribution in [3.05, 3.63) is 47.2 Å². The summed E-state index contributed by atoms with van der Waals surface area (Å²) < 4.78 is 5.30. The number of carbonyl (C=O) groups is 2. The number of hydrogen-bond donors (Lipinski definition) is 1. The van der Waals surface area contributed by atoms with Crippen LogP contribution in [0.15, 0.2) is 41.7 Å². The Morgan fingerprint density at radius 1 is 1.23 bits per heavy atom. The molecule has 2 unspecified atom stereocenters. The highest BCUT2D eigenvalue weighted by atomic mass is 16.6. The van der Waals surface area contributed by atoms with Gasteiger partial charge in [0.15, 0.2) is 11.9 Å². The first kappa shape index (κ1) is 14.8. The molecule has 1 saturated carbocycles. The Balaban J connectivity index is 2.00. The number of cyclic esters (lactones) is 1. The molecule has 4 heteroatoms. The molecule has 1 aliphatic heterocycles. The second-order valence-corrected chi connectivity index (χ2v) is 6.03. The maximum Gasteiger partial charge on any atom is 0.339 e. The van der Waals surface area contributed by atoms with E-state index in [0.717, 1.165) is 24.8 Å². The zero-order valence-corrected chi connectivity index (χ0v) is 12.6. The van der Waals surface area contributed by atoms with E-state index < -0.39 is 23.6 Å². The van der Waals surface area contributed by atoms with Crippen molar-refractivity contribution in [1.82, 2.24) is 0 Å². The molecule has 1 N–H and O–H groups in total. The molecule has 116 valence electrons. The van der Waals surface area contributed by atoms with Crippen LogP contribution in [-0.2, 0) is 14.3 Å². The lowest BCUT2D eigenvalue weighted by atomic mass is 9.84. The van der Waals surface area contributed by atoms with Gasteiger partial charge in [0.25, 0.3) is 0 Å². The molecule has 1 fully saturated rings. The van der Waals surface area contributed by atoms with Crippen molar-refractivity contribution in [2.75, 3.05) is 0 Å². The Hall–Kier alpha value is -2.10. The molecular weight excluding hydrogens is 280 g/mol. The molecule has 3 rings (SSSR count). The molecule has 0 amide bonds. The van der Waals surface area contributed by atoms with Crippen LogP contribution in [0.2, 0.25) is 0 Å². The molecule has 0 bridgehead atoms. The zero-order valence-electron chi connectivity index (χ0n) is 12.6. The number of carbonyl (C=O) groups excluding carboxylic acids is 2. The summed E-state index contributed by atoms with van der Waals surface area (Å²) in [6, 6.07) is 9.57. The first-order valence-corrected chi connectivity index (χ1v) is 7.86. The molecule has 0 aromatic heterocycles.